The van der Waals surface area contributed by atoms with Crippen molar-refractivity contribution in [1.82, 2.24) is 14.9 Å². The van der Waals surface area contributed by atoms with Gasteiger partial charge in [0.05, 0.1) is 10.3 Å². The number of anilines is 1. The molecule has 2 unspecified atom stereocenters. The van der Waals surface area contributed by atoms with E-state index in [1.54, 1.807) is 0 Å². The van der Waals surface area contributed by atoms with E-state index in [2.05, 4.69) is 44.5 Å². The van der Waals surface area contributed by atoms with Gasteiger partial charge in [0.25, 0.3) is 5.91 Å². The highest BCUT2D eigenvalue weighted by Gasteiger charge is 2.29. The number of likely N-dealkylation sites (tertiary alicyclic amines) is 1. The normalized spacial score (nSPS) is 20.6. The van der Waals surface area contributed by atoms with Crippen molar-refractivity contribution in [3.05, 3.63) is 16.3 Å². The first-order chi connectivity index (χ1) is 12.3. The van der Waals surface area contributed by atoms with Crippen molar-refractivity contribution in [2.75, 3.05) is 31.1 Å². The molecule has 1 saturated heterocycles. The molecule has 0 bridgehead atoms. The van der Waals surface area contributed by atoms with Crippen LogP contribution in [-0.4, -0.2) is 47.0 Å². The topological polar surface area (TPSA) is 49.3 Å². The fourth-order valence-electron chi connectivity index (χ4n) is 4.15. The van der Waals surface area contributed by atoms with Crippen molar-refractivity contribution in [2.45, 2.75) is 48.0 Å². The standard InChI is InChI=1S/C20H30N4OS/c1-7-23(8-2)18-16-14(5)17(26-19(16)22-15(6)21-18)20(25)24-10-12(3)9-13(4)11-24/h12-13H,7-11H2,1-6H3. The summed E-state index contributed by atoms with van der Waals surface area (Å²) in [6.07, 6.45) is 1.20. The molecule has 0 saturated carbocycles. The fourth-order valence-corrected chi connectivity index (χ4v) is 5.34. The van der Waals surface area contributed by atoms with E-state index in [-0.39, 0.29) is 5.91 Å². The first-order valence-corrected chi connectivity index (χ1v) is 10.5. The number of amides is 1. The number of hydrogen-bond acceptors (Lipinski definition) is 5. The molecule has 0 radical (unpaired) electrons. The number of thiophene rings is 1. The average molecular weight is 375 g/mol. The Bertz CT molecular complexity index is 802. The van der Waals surface area contributed by atoms with Crippen molar-refractivity contribution < 1.29 is 4.79 Å². The van der Waals surface area contributed by atoms with Crippen molar-refractivity contribution in [1.29, 1.82) is 0 Å². The molecule has 0 N–H and O–H groups in total. The molecule has 3 heterocycles. The van der Waals surface area contributed by atoms with Gasteiger partial charge in [0.1, 0.15) is 16.5 Å². The number of nitrogens with zero attached hydrogens (tertiary/aromatic N) is 4. The van der Waals surface area contributed by atoms with Crippen molar-refractivity contribution in [3.8, 4) is 0 Å². The summed E-state index contributed by atoms with van der Waals surface area (Å²) in [5.74, 6) is 3.01. The Balaban J connectivity index is 2.06. The summed E-state index contributed by atoms with van der Waals surface area (Å²) in [5.41, 5.74) is 1.03. The monoisotopic (exact) mass is 374 g/mol. The van der Waals surface area contributed by atoms with E-state index in [4.69, 9.17) is 4.98 Å². The van der Waals surface area contributed by atoms with Crippen LogP contribution < -0.4 is 4.90 Å². The molecule has 26 heavy (non-hydrogen) atoms. The van der Waals surface area contributed by atoms with Crippen molar-refractivity contribution in [3.63, 3.8) is 0 Å². The Morgan fingerprint density at radius 2 is 1.77 bits per heavy atom. The van der Waals surface area contributed by atoms with Gasteiger partial charge in [-0.05, 0) is 51.5 Å². The zero-order valence-electron chi connectivity index (χ0n) is 16.8. The second-order valence-corrected chi connectivity index (χ2v) is 8.66. The van der Waals surface area contributed by atoms with Crippen LogP contribution in [0.25, 0.3) is 10.2 Å². The van der Waals surface area contributed by atoms with E-state index in [1.807, 2.05) is 11.8 Å². The molecule has 1 aliphatic rings. The van der Waals surface area contributed by atoms with Crippen molar-refractivity contribution in [2.24, 2.45) is 11.8 Å². The first kappa shape index (κ1) is 19.1. The molecule has 1 aliphatic heterocycles. The Morgan fingerprint density at radius 3 is 2.35 bits per heavy atom. The lowest BCUT2D eigenvalue weighted by Crippen LogP contribution is -2.42. The van der Waals surface area contributed by atoms with Gasteiger partial charge in [0.15, 0.2) is 0 Å². The third-order valence-electron chi connectivity index (χ3n) is 5.30. The number of carbonyl (C=O) groups excluding carboxylic acids is 1. The minimum Gasteiger partial charge on any atom is -0.357 e. The van der Waals surface area contributed by atoms with Gasteiger partial charge in [-0.25, -0.2) is 9.97 Å². The zero-order valence-corrected chi connectivity index (χ0v) is 17.6. The molecule has 2 aromatic heterocycles. The van der Waals surface area contributed by atoms with Gasteiger partial charge < -0.3 is 9.80 Å². The molecular weight excluding hydrogens is 344 g/mol. The molecule has 6 heteroatoms. The largest absolute Gasteiger partial charge is 0.357 e. The van der Waals surface area contributed by atoms with Crippen LogP contribution in [0, 0.1) is 25.7 Å². The number of aromatic nitrogens is 2. The second-order valence-electron chi connectivity index (χ2n) is 7.66. The van der Waals surface area contributed by atoms with E-state index in [0.29, 0.717) is 11.8 Å². The molecule has 1 amide bonds. The van der Waals surface area contributed by atoms with E-state index >= 15 is 0 Å². The quantitative estimate of drug-likeness (QED) is 0.802. The predicted octanol–water partition coefficient (Wildman–Crippen LogP) is 4.27. The van der Waals surface area contributed by atoms with Crippen molar-refractivity contribution >= 4 is 33.3 Å². The van der Waals surface area contributed by atoms with Crippen LogP contribution in [0.15, 0.2) is 0 Å². The molecule has 0 aromatic carbocycles. The number of fused-ring (bicyclic) bond motifs is 1. The molecular formula is C20H30N4OS. The van der Waals surface area contributed by atoms with Crippen LogP contribution in [0.3, 0.4) is 0 Å². The maximum absolute atomic E-state index is 13.3. The summed E-state index contributed by atoms with van der Waals surface area (Å²) in [6, 6.07) is 0. The molecule has 0 spiro atoms. The molecule has 2 aromatic rings. The minimum atomic E-state index is 0.159. The molecule has 1 fully saturated rings. The van der Waals surface area contributed by atoms with E-state index in [0.717, 1.165) is 58.5 Å². The van der Waals surface area contributed by atoms with Gasteiger partial charge in [0.2, 0.25) is 0 Å². The fraction of sp³-hybridized carbons (Fsp3) is 0.650. The molecule has 2 atom stereocenters. The lowest BCUT2D eigenvalue weighted by molar-refractivity contribution is 0.0627. The zero-order chi connectivity index (χ0) is 19.0. The van der Waals surface area contributed by atoms with Crippen LogP contribution in [-0.2, 0) is 0 Å². The molecule has 5 nitrogen and oxygen atoms in total. The van der Waals surface area contributed by atoms with Gasteiger partial charge in [-0.2, -0.15) is 0 Å². The van der Waals surface area contributed by atoms with E-state index in [9.17, 15) is 4.79 Å². The summed E-state index contributed by atoms with van der Waals surface area (Å²) in [5, 5.41) is 1.05. The summed E-state index contributed by atoms with van der Waals surface area (Å²) in [7, 11) is 0. The number of carbonyl (C=O) groups is 1. The van der Waals surface area contributed by atoms with Gasteiger partial charge >= 0.3 is 0 Å². The highest BCUT2D eigenvalue weighted by atomic mass is 32.1. The Kier molecular flexibility index (Phi) is 5.51. The third kappa shape index (κ3) is 3.43. The third-order valence-corrected chi connectivity index (χ3v) is 6.47. The second kappa shape index (κ2) is 7.51. The SMILES string of the molecule is CCN(CC)c1nc(C)nc2sc(C(=O)N3CC(C)CC(C)C3)c(C)c12. The van der Waals surface area contributed by atoms with Gasteiger partial charge in [-0.15, -0.1) is 11.3 Å². The molecule has 0 aliphatic carbocycles. The lowest BCUT2D eigenvalue weighted by Gasteiger charge is -2.34. The van der Waals surface area contributed by atoms with E-state index < -0.39 is 0 Å². The number of hydrogen-bond donors (Lipinski definition) is 0. The van der Waals surface area contributed by atoms with Crippen LogP contribution >= 0.6 is 11.3 Å². The van der Waals surface area contributed by atoms with Crippen LogP contribution in [0.1, 0.15) is 55.2 Å². The number of aryl methyl sites for hydroxylation is 2. The summed E-state index contributed by atoms with van der Waals surface area (Å²) >= 11 is 1.53. The van der Waals surface area contributed by atoms with Gasteiger partial charge in [-0.3, -0.25) is 4.79 Å². The maximum Gasteiger partial charge on any atom is 0.264 e. The first-order valence-electron chi connectivity index (χ1n) is 9.67. The molecule has 3 rings (SSSR count). The number of piperidine rings is 1. The Hall–Kier alpha value is -1.69. The molecule has 142 valence electrons. The van der Waals surface area contributed by atoms with E-state index in [1.165, 1.54) is 17.8 Å². The van der Waals surface area contributed by atoms with Crippen LogP contribution in [0.5, 0.6) is 0 Å². The minimum absolute atomic E-state index is 0.159. The summed E-state index contributed by atoms with van der Waals surface area (Å²) in [4.78, 5) is 28.6. The summed E-state index contributed by atoms with van der Waals surface area (Å²) < 4.78 is 0. The lowest BCUT2D eigenvalue weighted by atomic mass is 9.92. The Labute approximate surface area is 160 Å². The van der Waals surface area contributed by atoms with Crippen LogP contribution in [0.4, 0.5) is 5.82 Å². The van der Waals surface area contributed by atoms with Gasteiger partial charge in [-0.1, -0.05) is 13.8 Å². The smallest absolute Gasteiger partial charge is 0.264 e. The summed E-state index contributed by atoms with van der Waals surface area (Å²) in [6.45, 7) is 16.2. The maximum atomic E-state index is 13.3. The highest BCUT2D eigenvalue weighted by Crippen LogP contribution is 2.36. The van der Waals surface area contributed by atoms with Gasteiger partial charge in [0, 0.05) is 26.2 Å². The average Bonchev–Trinajstić information content (AvgIpc) is 2.90. The number of rotatable bonds is 4. The Morgan fingerprint density at radius 1 is 1.15 bits per heavy atom. The van der Waals surface area contributed by atoms with Crippen LogP contribution in [0.2, 0.25) is 0 Å². The highest BCUT2D eigenvalue weighted by molar-refractivity contribution is 7.20. The predicted molar refractivity (Wildman–Crippen MR) is 109 cm³/mol.